The minimum Gasteiger partial charge on any atom is -0.395 e. The molecule has 1 unspecified atom stereocenters. The first-order chi connectivity index (χ1) is 13.1. The SMILES string of the molecule is CCCCCCCC/C=C\CCCCCCCC(=O)NCC(C)[C@@H](N)CO. The Labute approximate surface area is 168 Å². The molecule has 4 N–H and O–H groups in total. The molecule has 0 aliphatic rings. The van der Waals surface area contributed by atoms with Gasteiger partial charge in [-0.2, -0.15) is 0 Å². The van der Waals surface area contributed by atoms with Crippen molar-refractivity contribution >= 4 is 5.91 Å². The van der Waals surface area contributed by atoms with Gasteiger partial charge in [-0.15, -0.1) is 0 Å². The first-order valence-corrected chi connectivity index (χ1v) is 11.4. The maximum atomic E-state index is 11.8. The van der Waals surface area contributed by atoms with Gasteiger partial charge in [-0.1, -0.05) is 77.4 Å². The third-order valence-electron chi connectivity index (χ3n) is 5.23. The van der Waals surface area contributed by atoms with Crippen LogP contribution in [0.3, 0.4) is 0 Å². The number of nitrogens with one attached hydrogen (secondary N) is 1. The number of hydrogen-bond donors (Lipinski definition) is 3. The lowest BCUT2D eigenvalue weighted by Crippen LogP contribution is -2.39. The molecular weight excluding hydrogens is 336 g/mol. The van der Waals surface area contributed by atoms with Crippen molar-refractivity contribution in [3.8, 4) is 0 Å². The van der Waals surface area contributed by atoms with E-state index >= 15 is 0 Å². The van der Waals surface area contributed by atoms with Crippen molar-refractivity contribution in [3.63, 3.8) is 0 Å². The summed E-state index contributed by atoms with van der Waals surface area (Å²) in [7, 11) is 0. The van der Waals surface area contributed by atoms with Crippen LogP contribution < -0.4 is 11.1 Å². The highest BCUT2D eigenvalue weighted by Gasteiger charge is 2.12. The molecule has 0 spiro atoms. The molecule has 0 aliphatic carbocycles. The molecule has 0 rings (SSSR count). The van der Waals surface area contributed by atoms with Gasteiger partial charge >= 0.3 is 0 Å². The quantitative estimate of drug-likeness (QED) is 0.215. The fraction of sp³-hybridized carbons (Fsp3) is 0.870. The molecule has 0 fully saturated rings. The van der Waals surface area contributed by atoms with Gasteiger partial charge in [-0.25, -0.2) is 0 Å². The van der Waals surface area contributed by atoms with Crippen LogP contribution in [0.4, 0.5) is 0 Å². The van der Waals surface area contributed by atoms with E-state index in [9.17, 15) is 4.79 Å². The molecule has 4 heteroatoms. The van der Waals surface area contributed by atoms with Crippen LogP contribution in [0.15, 0.2) is 12.2 Å². The topological polar surface area (TPSA) is 75.4 Å². The van der Waals surface area contributed by atoms with Crippen molar-refractivity contribution in [2.75, 3.05) is 13.2 Å². The van der Waals surface area contributed by atoms with Gasteiger partial charge in [0.05, 0.1) is 6.61 Å². The Morgan fingerprint density at radius 2 is 1.44 bits per heavy atom. The van der Waals surface area contributed by atoms with Crippen molar-refractivity contribution in [1.82, 2.24) is 5.32 Å². The molecule has 0 bridgehead atoms. The van der Waals surface area contributed by atoms with Gasteiger partial charge in [0.25, 0.3) is 0 Å². The second kappa shape index (κ2) is 19.9. The minimum absolute atomic E-state index is 0.0364. The molecule has 0 aromatic carbocycles. The van der Waals surface area contributed by atoms with Crippen molar-refractivity contribution < 1.29 is 9.90 Å². The van der Waals surface area contributed by atoms with Gasteiger partial charge in [0, 0.05) is 19.0 Å². The molecule has 1 amide bonds. The van der Waals surface area contributed by atoms with E-state index in [0.717, 1.165) is 12.8 Å². The lowest BCUT2D eigenvalue weighted by molar-refractivity contribution is -0.121. The van der Waals surface area contributed by atoms with Gasteiger partial charge in [-0.3, -0.25) is 4.79 Å². The summed E-state index contributed by atoms with van der Waals surface area (Å²) in [6.45, 7) is 4.72. The van der Waals surface area contributed by atoms with E-state index in [-0.39, 0.29) is 24.5 Å². The second-order valence-electron chi connectivity index (χ2n) is 7.96. The van der Waals surface area contributed by atoms with Crippen molar-refractivity contribution in [2.24, 2.45) is 11.7 Å². The van der Waals surface area contributed by atoms with E-state index in [0.29, 0.717) is 13.0 Å². The van der Waals surface area contributed by atoms with E-state index in [1.54, 1.807) is 0 Å². The molecule has 0 saturated carbocycles. The Morgan fingerprint density at radius 1 is 0.926 bits per heavy atom. The fourth-order valence-corrected chi connectivity index (χ4v) is 3.05. The number of aliphatic hydroxyl groups excluding tert-OH is 1. The van der Waals surface area contributed by atoms with E-state index in [1.807, 2.05) is 6.92 Å². The molecule has 4 nitrogen and oxygen atoms in total. The number of hydrogen-bond acceptors (Lipinski definition) is 3. The highest BCUT2D eigenvalue weighted by atomic mass is 16.3. The van der Waals surface area contributed by atoms with Crippen LogP contribution >= 0.6 is 0 Å². The maximum Gasteiger partial charge on any atom is 0.220 e. The zero-order valence-electron chi connectivity index (χ0n) is 18.1. The van der Waals surface area contributed by atoms with Gasteiger partial charge < -0.3 is 16.2 Å². The zero-order chi connectivity index (χ0) is 20.2. The Bertz CT molecular complexity index is 358. The van der Waals surface area contributed by atoms with E-state index in [1.165, 1.54) is 70.6 Å². The molecule has 27 heavy (non-hydrogen) atoms. The van der Waals surface area contributed by atoms with Crippen LogP contribution in [0.25, 0.3) is 0 Å². The number of carbonyl (C=O) groups is 1. The standard InChI is InChI=1S/C23H46N2O2/c1-3-4-5-6-7-8-9-10-11-12-13-14-15-16-17-18-23(27)25-19-21(2)22(24)20-26/h10-11,21-22,26H,3-9,12-20,24H2,1-2H3,(H,25,27)/b11-10-/t21?,22-/m0/s1. The van der Waals surface area contributed by atoms with Crippen LogP contribution in [-0.4, -0.2) is 30.2 Å². The Balaban J connectivity index is 3.32. The summed E-state index contributed by atoms with van der Waals surface area (Å²) < 4.78 is 0. The average Bonchev–Trinajstić information content (AvgIpc) is 2.68. The molecule has 2 atom stereocenters. The first-order valence-electron chi connectivity index (χ1n) is 11.4. The largest absolute Gasteiger partial charge is 0.395 e. The molecule has 0 aliphatic heterocycles. The summed E-state index contributed by atoms with van der Waals surface area (Å²) in [5.41, 5.74) is 5.73. The van der Waals surface area contributed by atoms with Crippen LogP contribution in [0, 0.1) is 5.92 Å². The van der Waals surface area contributed by atoms with E-state index < -0.39 is 0 Å². The Morgan fingerprint density at radius 3 is 2.00 bits per heavy atom. The summed E-state index contributed by atoms with van der Waals surface area (Å²) in [6, 6.07) is -0.259. The number of amides is 1. The zero-order valence-corrected chi connectivity index (χ0v) is 18.1. The van der Waals surface area contributed by atoms with Gasteiger partial charge in [0.15, 0.2) is 0 Å². The molecule has 0 saturated heterocycles. The summed E-state index contributed by atoms with van der Waals surface area (Å²) in [4.78, 5) is 11.8. The molecular formula is C23H46N2O2. The molecule has 0 aromatic rings. The molecule has 0 aromatic heterocycles. The van der Waals surface area contributed by atoms with Crippen LogP contribution in [0.2, 0.25) is 0 Å². The average molecular weight is 383 g/mol. The maximum absolute atomic E-state index is 11.8. The highest BCUT2D eigenvalue weighted by molar-refractivity contribution is 5.75. The lowest BCUT2D eigenvalue weighted by Gasteiger charge is -2.17. The third-order valence-corrected chi connectivity index (χ3v) is 5.23. The lowest BCUT2D eigenvalue weighted by atomic mass is 10.0. The van der Waals surface area contributed by atoms with Crippen molar-refractivity contribution in [2.45, 2.75) is 110 Å². The Kier molecular flexibility index (Phi) is 19.2. The second-order valence-corrected chi connectivity index (χ2v) is 7.96. The summed E-state index contributed by atoms with van der Waals surface area (Å²) in [5.74, 6) is 0.206. The Hall–Kier alpha value is -0.870. The third kappa shape index (κ3) is 18.3. The van der Waals surface area contributed by atoms with Gasteiger partial charge in [0.2, 0.25) is 5.91 Å². The summed E-state index contributed by atoms with van der Waals surface area (Å²) in [5, 5.41) is 11.9. The highest BCUT2D eigenvalue weighted by Crippen LogP contribution is 2.10. The monoisotopic (exact) mass is 382 g/mol. The fourth-order valence-electron chi connectivity index (χ4n) is 3.05. The number of unbranched alkanes of at least 4 members (excludes halogenated alkanes) is 11. The molecule has 0 heterocycles. The normalized spacial score (nSPS) is 13.8. The van der Waals surface area contributed by atoms with Gasteiger partial charge in [0.1, 0.15) is 0 Å². The molecule has 160 valence electrons. The smallest absolute Gasteiger partial charge is 0.220 e. The van der Waals surface area contributed by atoms with E-state index in [4.69, 9.17) is 10.8 Å². The van der Waals surface area contributed by atoms with Crippen molar-refractivity contribution in [1.29, 1.82) is 0 Å². The van der Waals surface area contributed by atoms with Crippen LogP contribution in [0.1, 0.15) is 104 Å². The first kappa shape index (κ1) is 26.1. The van der Waals surface area contributed by atoms with Gasteiger partial charge in [-0.05, 0) is 38.0 Å². The minimum atomic E-state index is -0.259. The summed E-state index contributed by atoms with van der Waals surface area (Å²) in [6.07, 6.45) is 21.8. The number of carbonyl (C=O) groups excluding carboxylic acids is 1. The number of rotatable bonds is 19. The van der Waals surface area contributed by atoms with Crippen LogP contribution in [0.5, 0.6) is 0 Å². The van der Waals surface area contributed by atoms with Crippen LogP contribution in [-0.2, 0) is 4.79 Å². The number of nitrogens with two attached hydrogens (primary N) is 1. The van der Waals surface area contributed by atoms with E-state index in [2.05, 4.69) is 24.4 Å². The van der Waals surface area contributed by atoms with Crippen molar-refractivity contribution in [3.05, 3.63) is 12.2 Å². The predicted molar refractivity (Wildman–Crippen MR) is 117 cm³/mol. The number of allylic oxidation sites excluding steroid dienone is 2. The number of aliphatic hydroxyl groups is 1. The molecule has 0 radical (unpaired) electrons. The summed E-state index contributed by atoms with van der Waals surface area (Å²) >= 11 is 0. The predicted octanol–water partition coefficient (Wildman–Crippen LogP) is 5.10.